The molecule has 0 fully saturated rings. The molecular formula is C12H15ClN2O2S3. The molecule has 0 saturated carbocycles. The molecule has 0 bridgehead atoms. The Morgan fingerprint density at radius 3 is 2.70 bits per heavy atom. The molecule has 0 atom stereocenters. The van der Waals surface area contributed by atoms with E-state index in [0.717, 1.165) is 16.3 Å². The van der Waals surface area contributed by atoms with Gasteiger partial charge in [0, 0.05) is 22.8 Å². The Morgan fingerprint density at radius 2 is 2.05 bits per heavy atom. The van der Waals surface area contributed by atoms with Gasteiger partial charge >= 0.3 is 0 Å². The molecule has 2 N–H and O–H groups in total. The van der Waals surface area contributed by atoms with Crippen molar-refractivity contribution in [1.29, 1.82) is 0 Å². The first-order chi connectivity index (χ1) is 9.53. The summed E-state index contributed by atoms with van der Waals surface area (Å²) >= 11 is 8.64. The molecule has 4 nitrogen and oxygen atoms in total. The normalized spacial score (nSPS) is 11.9. The Kier molecular flexibility index (Phi) is 5.59. The predicted molar refractivity (Wildman–Crippen MR) is 85.1 cm³/mol. The van der Waals surface area contributed by atoms with Crippen molar-refractivity contribution in [2.24, 2.45) is 0 Å². The molecule has 2 heterocycles. The van der Waals surface area contributed by atoms with Crippen LogP contribution in [0.15, 0.2) is 28.5 Å². The zero-order valence-corrected chi connectivity index (χ0v) is 14.1. The average molecular weight is 351 g/mol. The highest BCUT2D eigenvalue weighted by molar-refractivity contribution is 7.89. The predicted octanol–water partition coefficient (Wildman–Crippen LogP) is 3.05. The van der Waals surface area contributed by atoms with Gasteiger partial charge < -0.3 is 5.32 Å². The molecule has 0 saturated heterocycles. The van der Waals surface area contributed by atoms with Crippen molar-refractivity contribution in [2.45, 2.75) is 24.9 Å². The second-order valence-electron chi connectivity index (χ2n) is 4.02. The Balaban J connectivity index is 2.08. The van der Waals surface area contributed by atoms with Crippen LogP contribution in [0.1, 0.15) is 16.7 Å². The quantitative estimate of drug-likeness (QED) is 0.806. The Hall–Kier alpha value is -0.440. The Labute approximate surface area is 131 Å². The monoisotopic (exact) mass is 350 g/mol. The van der Waals surface area contributed by atoms with Crippen molar-refractivity contribution in [1.82, 2.24) is 10.0 Å². The fourth-order valence-corrected chi connectivity index (χ4v) is 5.16. The number of sulfonamides is 1. The van der Waals surface area contributed by atoms with E-state index in [1.165, 1.54) is 22.7 Å². The first-order valence-electron chi connectivity index (χ1n) is 6.04. The van der Waals surface area contributed by atoms with Crippen molar-refractivity contribution < 1.29 is 8.42 Å². The summed E-state index contributed by atoms with van der Waals surface area (Å²) in [4.78, 5) is 2.07. The number of thiophene rings is 2. The highest BCUT2D eigenvalue weighted by atomic mass is 35.5. The molecule has 2 aromatic rings. The van der Waals surface area contributed by atoms with E-state index in [1.807, 2.05) is 13.0 Å². The number of halogens is 1. The van der Waals surface area contributed by atoms with Crippen LogP contribution < -0.4 is 10.0 Å². The smallest absolute Gasteiger partial charge is 0.242 e. The minimum absolute atomic E-state index is 0.260. The van der Waals surface area contributed by atoms with Gasteiger partial charge in [0.2, 0.25) is 10.0 Å². The van der Waals surface area contributed by atoms with E-state index in [2.05, 4.69) is 10.0 Å². The van der Waals surface area contributed by atoms with Crippen molar-refractivity contribution in [2.75, 3.05) is 6.54 Å². The Bertz CT molecular complexity index is 664. The molecule has 0 aliphatic heterocycles. The number of rotatable bonds is 7. The third-order valence-electron chi connectivity index (χ3n) is 2.59. The van der Waals surface area contributed by atoms with E-state index in [9.17, 15) is 8.42 Å². The zero-order chi connectivity index (χ0) is 14.6. The molecule has 0 aromatic carbocycles. The minimum atomic E-state index is -3.48. The van der Waals surface area contributed by atoms with Gasteiger partial charge in [0.1, 0.15) is 0 Å². The molecule has 2 aromatic heterocycles. The molecule has 8 heteroatoms. The van der Waals surface area contributed by atoms with Crippen molar-refractivity contribution in [3.63, 3.8) is 0 Å². The van der Waals surface area contributed by atoms with E-state index in [-0.39, 0.29) is 6.54 Å². The summed E-state index contributed by atoms with van der Waals surface area (Å²) in [5.74, 6) is 0. The highest BCUT2D eigenvalue weighted by Gasteiger charge is 2.19. The molecule has 20 heavy (non-hydrogen) atoms. The van der Waals surface area contributed by atoms with Gasteiger partial charge in [-0.05, 0) is 30.1 Å². The van der Waals surface area contributed by atoms with E-state index in [4.69, 9.17) is 11.6 Å². The van der Waals surface area contributed by atoms with Crippen molar-refractivity contribution in [3.05, 3.63) is 37.7 Å². The Morgan fingerprint density at radius 1 is 1.25 bits per heavy atom. The summed E-state index contributed by atoms with van der Waals surface area (Å²) in [6.45, 7) is 3.62. The van der Waals surface area contributed by atoms with E-state index in [1.54, 1.807) is 17.5 Å². The van der Waals surface area contributed by atoms with Crippen LogP contribution >= 0.6 is 34.3 Å². The van der Waals surface area contributed by atoms with Gasteiger partial charge in [-0.25, -0.2) is 13.1 Å². The molecule has 0 aliphatic rings. The largest absolute Gasteiger partial charge is 0.312 e. The summed E-state index contributed by atoms with van der Waals surface area (Å²) in [6, 6.07) is 5.22. The van der Waals surface area contributed by atoms with Crippen LogP contribution in [0.2, 0.25) is 4.34 Å². The molecule has 0 amide bonds. The van der Waals surface area contributed by atoms with Crippen LogP contribution in [0.4, 0.5) is 0 Å². The highest BCUT2D eigenvalue weighted by Crippen LogP contribution is 2.24. The van der Waals surface area contributed by atoms with Crippen molar-refractivity contribution >= 4 is 44.3 Å². The first-order valence-corrected chi connectivity index (χ1v) is 9.59. The van der Waals surface area contributed by atoms with E-state index >= 15 is 0 Å². The van der Waals surface area contributed by atoms with Gasteiger partial charge in [-0.2, -0.15) is 0 Å². The van der Waals surface area contributed by atoms with Crippen LogP contribution in [0.5, 0.6) is 0 Å². The van der Waals surface area contributed by atoms with Gasteiger partial charge in [0.05, 0.1) is 9.23 Å². The SMILES string of the molecule is CCNCc1sccc1S(=O)(=O)NCc1ccc(Cl)s1. The number of hydrogen-bond donors (Lipinski definition) is 2. The molecule has 0 unspecified atom stereocenters. The third kappa shape index (κ3) is 4.03. The summed E-state index contributed by atoms with van der Waals surface area (Å²) in [5.41, 5.74) is 0. The second-order valence-corrected chi connectivity index (χ2v) is 8.55. The van der Waals surface area contributed by atoms with E-state index in [0.29, 0.717) is 15.8 Å². The maximum absolute atomic E-state index is 12.3. The van der Waals surface area contributed by atoms with Crippen LogP contribution in [-0.4, -0.2) is 15.0 Å². The number of hydrogen-bond acceptors (Lipinski definition) is 5. The van der Waals surface area contributed by atoms with Gasteiger partial charge in [0.15, 0.2) is 0 Å². The lowest BCUT2D eigenvalue weighted by atomic mass is 10.4. The van der Waals surface area contributed by atoms with E-state index < -0.39 is 10.0 Å². The summed E-state index contributed by atoms with van der Waals surface area (Å²) in [6.07, 6.45) is 0. The van der Waals surface area contributed by atoms with Crippen LogP contribution in [0.3, 0.4) is 0 Å². The average Bonchev–Trinajstić information content (AvgIpc) is 3.03. The molecule has 0 spiro atoms. The third-order valence-corrected chi connectivity index (χ3v) is 6.36. The molecule has 110 valence electrons. The lowest BCUT2D eigenvalue weighted by molar-refractivity contribution is 0.580. The van der Waals surface area contributed by atoms with Crippen LogP contribution in [0.25, 0.3) is 0 Å². The number of nitrogens with one attached hydrogen (secondary N) is 2. The first kappa shape index (κ1) is 15.9. The summed E-state index contributed by atoms with van der Waals surface area (Å²) < 4.78 is 27.9. The fourth-order valence-electron chi connectivity index (χ4n) is 1.63. The van der Waals surface area contributed by atoms with Gasteiger partial charge in [0.25, 0.3) is 0 Å². The minimum Gasteiger partial charge on any atom is -0.312 e. The molecule has 0 aliphatic carbocycles. The topological polar surface area (TPSA) is 58.2 Å². The lowest BCUT2D eigenvalue weighted by Gasteiger charge is -2.07. The maximum atomic E-state index is 12.3. The standard InChI is InChI=1S/C12H15ClN2O2S3/c1-2-14-8-10-11(5-6-18-10)20(16,17)15-7-9-3-4-12(13)19-9/h3-6,14-15H,2,7-8H2,1H3. The lowest BCUT2D eigenvalue weighted by Crippen LogP contribution is -2.24. The van der Waals surface area contributed by atoms with Gasteiger partial charge in [-0.3, -0.25) is 0 Å². The zero-order valence-electron chi connectivity index (χ0n) is 10.8. The van der Waals surface area contributed by atoms with Crippen molar-refractivity contribution in [3.8, 4) is 0 Å². The summed E-state index contributed by atoms with van der Waals surface area (Å²) in [5, 5.41) is 4.94. The van der Waals surface area contributed by atoms with Gasteiger partial charge in [-0.1, -0.05) is 18.5 Å². The molecule has 0 radical (unpaired) electrons. The summed E-state index contributed by atoms with van der Waals surface area (Å²) in [7, 11) is -3.48. The molecular weight excluding hydrogens is 336 g/mol. The molecule has 2 rings (SSSR count). The van der Waals surface area contributed by atoms with Crippen LogP contribution in [-0.2, 0) is 23.1 Å². The van der Waals surface area contributed by atoms with Gasteiger partial charge in [-0.15, -0.1) is 22.7 Å². The maximum Gasteiger partial charge on any atom is 0.242 e. The van der Waals surface area contributed by atoms with Crippen LogP contribution in [0, 0.1) is 0 Å². The fraction of sp³-hybridized carbons (Fsp3) is 0.333. The second kappa shape index (κ2) is 7.02.